The van der Waals surface area contributed by atoms with Gasteiger partial charge in [-0.05, 0) is 45.5 Å². The number of hydrogen-bond donors (Lipinski definition) is 1. The van der Waals surface area contributed by atoms with E-state index in [1.807, 2.05) is 31.2 Å². The van der Waals surface area contributed by atoms with Crippen molar-refractivity contribution in [3.63, 3.8) is 0 Å². The number of hydrogen-bond acceptors (Lipinski definition) is 3. The third kappa shape index (κ3) is 3.96. The van der Waals surface area contributed by atoms with E-state index in [2.05, 4.69) is 17.3 Å². The third-order valence-electron chi connectivity index (χ3n) is 3.41. The maximum absolute atomic E-state index is 12.2. The highest BCUT2D eigenvalue weighted by molar-refractivity contribution is 5.92. The van der Waals surface area contributed by atoms with Crippen molar-refractivity contribution in [3.8, 4) is 5.75 Å². The minimum atomic E-state index is 0.0921. The third-order valence-corrected chi connectivity index (χ3v) is 3.41. The first-order chi connectivity index (χ1) is 9.19. The summed E-state index contributed by atoms with van der Waals surface area (Å²) in [6.07, 6.45) is 2.06. The lowest BCUT2D eigenvalue weighted by Gasteiger charge is -2.28. The van der Waals surface area contributed by atoms with Crippen LogP contribution in [-0.2, 0) is 4.79 Å². The summed E-state index contributed by atoms with van der Waals surface area (Å²) in [6, 6.07) is 7.56. The van der Waals surface area contributed by atoms with Crippen LogP contribution in [0.3, 0.4) is 0 Å². The van der Waals surface area contributed by atoms with Crippen molar-refractivity contribution in [1.29, 1.82) is 0 Å². The molecule has 0 aromatic heterocycles. The van der Waals surface area contributed by atoms with Gasteiger partial charge in [0.15, 0.2) is 0 Å². The first kappa shape index (κ1) is 13.9. The van der Waals surface area contributed by atoms with Crippen LogP contribution in [0.5, 0.6) is 5.75 Å². The molecule has 1 saturated heterocycles. The van der Waals surface area contributed by atoms with Gasteiger partial charge in [-0.2, -0.15) is 0 Å². The second-order valence-corrected chi connectivity index (χ2v) is 5.05. The Labute approximate surface area is 114 Å². The number of ether oxygens (including phenoxy) is 1. The Morgan fingerprint density at radius 1 is 1.53 bits per heavy atom. The van der Waals surface area contributed by atoms with Crippen LogP contribution in [0.1, 0.15) is 19.8 Å². The topological polar surface area (TPSA) is 41.6 Å². The highest BCUT2D eigenvalue weighted by Crippen LogP contribution is 2.20. The minimum Gasteiger partial charge on any atom is -0.494 e. The molecule has 0 saturated carbocycles. The van der Waals surface area contributed by atoms with Crippen molar-refractivity contribution in [2.75, 3.05) is 32.1 Å². The van der Waals surface area contributed by atoms with Gasteiger partial charge in [-0.25, -0.2) is 0 Å². The van der Waals surface area contributed by atoms with Gasteiger partial charge in [0.05, 0.1) is 12.5 Å². The molecule has 19 heavy (non-hydrogen) atoms. The largest absolute Gasteiger partial charge is 0.494 e. The summed E-state index contributed by atoms with van der Waals surface area (Å²) in [7, 11) is 2.06. The number of piperidine rings is 1. The second-order valence-electron chi connectivity index (χ2n) is 5.05. The average molecular weight is 262 g/mol. The van der Waals surface area contributed by atoms with Gasteiger partial charge in [0.25, 0.3) is 0 Å². The first-order valence-electron chi connectivity index (χ1n) is 6.91. The normalized spacial score (nSPS) is 20.0. The zero-order chi connectivity index (χ0) is 13.7. The Kier molecular flexibility index (Phi) is 4.80. The van der Waals surface area contributed by atoms with Gasteiger partial charge in [-0.15, -0.1) is 0 Å². The van der Waals surface area contributed by atoms with Crippen molar-refractivity contribution in [3.05, 3.63) is 24.3 Å². The molecule has 1 fully saturated rings. The van der Waals surface area contributed by atoms with Gasteiger partial charge in [-0.3, -0.25) is 4.79 Å². The van der Waals surface area contributed by atoms with Crippen LogP contribution in [0.25, 0.3) is 0 Å². The molecule has 2 rings (SSSR count). The molecule has 1 aromatic carbocycles. The number of likely N-dealkylation sites (tertiary alicyclic amines) is 1. The number of carbonyl (C=O) groups excluding carboxylic acids is 1. The highest BCUT2D eigenvalue weighted by atomic mass is 16.5. The van der Waals surface area contributed by atoms with E-state index < -0.39 is 0 Å². The number of anilines is 1. The highest BCUT2D eigenvalue weighted by Gasteiger charge is 2.23. The zero-order valence-corrected chi connectivity index (χ0v) is 11.7. The van der Waals surface area contributed by atoms with Crippen LogP contribution in [0.2, 0.25) is 0 Å². The van der Waals surface area contributed by atoms with Crippen molar-refractivity contribution >= 4 is 11.6 Å². The number of benzene rings is 1. The molecule has 0 radical (unpaired) electrons. The quantitative estimate of drug-likeness (QED) is 0.905. The van der Waals surface area contributed by atoms with E-state index in [0.29, 0.717) is 6.61 Å². The van der Waals surface area contributed by atoms with Gasteiger partial charge in [0, 0.05) is 18.3 Å². The number of carbonyl (C=O) groups is 1. The molecule has 1 atom stereocenters. The van der Waals surface area contributed by atoms with E-state index in [0.717, 1.165) is 37.4 Å². The molecule has 4 heteroatoms. The van der Waals surface area contributed by atoms with Crippen LogP contribution in [0.4, 0.5) is 5.69 Å². The van der Waals surface area contributed by atoms with Crippen LogP contribution in [0, 0.1) is 5.92 Å². The molecule has 0 bridgehead atoms. The zero-order valence-electron chi connectivity index (χ0n) is 11.7. The first-order valence-corrected chi connectivity index (χ1v) is 6.91. The predicted molar refractivity (Wildman–Crippen MR) is 76.5 cm³/mol. The maximum Gasteiger partial charge on any atom is 0.228 e. The van der Waals surface area contributed by atoms with Gasteiger partial charge >= 0.3 is 0 Å². The summed E-state index contributed by atoms with van der Waals surface area (Å²) in [5.41, 5.74) is 0.809. The van der Waals surface area contributed by atoms with Gasteiger partial charge in [0.1, 0.15) is 5.75 Å². The van der Waals surface area contributed by atoms with Crippen molar-refractivity contribution < 1.29 is 9.53 Å². The second kappa shape index (κ2) is 6.57. The fraction of sp³-hybridized carbons (Fsp3) is 0.533. The molecule has 1 aliphatic rings. The maximum atomic E-state index is 12.2. The lowest BCUT2D eigenvalue weighted by Crippen LogP contribution is -2.38. The summed E-state index contributed by atoms with van der Waals surface area (Å²) in [6.45, 7) is 4.51. The Morgan fingerprint density at radius 2 is 2.37 bits per heavy atom. The summed E-state index contributed by atoms with van der Waals surface area (Å²) >= 11 is 0. The fourth-order valence-electron chi connectivity index (χ4n) is 2.46. The number of rotatable bonds is 4. The summed E-state index contributed by atoms with van der Waals surface area (Å²) in [5.74, 6) is 0.996. The number of amides is 1. The van der Waals surface area contributed by atoms with E-state index in [-0.39, 0.29) is 11.8 Å². The van der Waals surface area contributed by atoms with E-state index in [1.54, 1.807) is 0 Å². The Hall–Kier alpha value is -1.55. The molecule has 1 N–H and O–H groups in total. The Morgan fingerprint density at radius 3 is 3.11 bits per heavy atom. The lowest BCUT2D eigenvalue weighted by atomic mass is 9.97. The van der Waals surface area contributed by atoms with Crippen molar-refractivity contribution in [2.24, 2.45) is 5.92 Å². The minimum absolute atomic E-state index is 0.0921. The summed E-state index contributed by atoms with van der Waals surface area (Å²) in [4.78, 5) is 14.4. The van der Waals surface area contributed by atoms with E-state index in [4.69, 9.17) is 4.74 Å². The van der Waals surface area contributed by atoms with Crippen LogP contribution < -0.4 is 10.1 Å². The molecule has 104 valence electrons. The molecule has 1 aliphatic heterocycles. The van der Waals surface area contributed by atoms with Gasteiger partial charge < -0.3 is 15.0 Å². The number of nitrogens with zero attached hydrogens (tertiary/aromatic N) is 1. The molecule has 1 heterocycles. The predicted octanol–water partition coefficient (Wildman–Crippen LogP) is 2.37. The van der Waals surface area contributed by atoms with E-state index in [1.165, 1.54) is 0 Å². The molecule has 4 nitrogen and oxygen atoms in total. The summed E-state index contributed by atoms with van der Waals surface area (Å²) < 4.78 is 5.43. The van der Waals surface area contributed by atoms with E-state index in [9.17, 15) is 4.79 Å². The van der Waals surface area contributed by atoms with Crippen LogP contribution >= 0.6 is 0 Å². The monoisotopic (exact) mass is 262 g/mol. The van der Waals surface area contributed by atoms with Crippen LogP contribution in [-0.4, -0.2) is 37.6 Å². The van der Waals surface area contributed by atoms with Crippen molar-refractivity contribution in [1.82, 2.24) is 4.90 Å². The van der Waals surface area contributed by atoms with Gasteiger partial charge in [0.2, 0.25) is 5.91 Å². The average Bonchev–Trinajstić information content (AvgIpc) is 2.39. The molecule has 0 aliphatic carbocycles. The van der Waals surface area contributed by atoms with Gasteiger partial charge in [-0.1, -0.05) is 6.07 Å². The van der Waals surface area contributed by atoms with Crippen molar-refractivity contribution in [2.45, 2.75) is 19.8 Å². The Bertz CT molecular complexity index is 434. The smallest absolute Gasteiger partial charge is 0.228 e. The Balaban J connectivity index is 1.96. The number of nitrogens with one attached hydrogen (secondary N) is 1. The lowest BCUT2D eigenvalue weighted by molar-refractivity contribution is -0.121. The molecule has 0 unspecified atom stereocenters. The fourth-order valence-corrected chi connectivity index (χ4v) is 2.46. The molecule has 1 aromatic rings. The molecule has 1 amide bonds. The molecular formula is C15H22N2O2. The standard InChI is InChI=1S/C15H22N2O2/c1-3-19-14-8-4-7-13(10-14)16-15(18)12-6-5-9-17(2)11-12/h4,7-8,10,12H,3,5-6,9,11H2,1-2H3,(H,16,18)/t12-/m0/s1. The molecule has 0 spiro atoms. The van der Waals surface area contributed by atoms with E-state index >= 15 is 0 Å². The SMILES string of the molecule is CCOc1cccc(NC(=O)[C@H]2CCCN(C)C2)c1. The molecular weight excluding hydrogens is 240 g/mol. The summed E-state index contributed by atoms with van der Waals surface area (Å²) in [5, 5.41) is 2.99. The van der Waals surface area contributed by atoms with Crippen LogP contribution in [0.15, 0.2) is 24.3 Å².